The summed E-state index contributed by atoms with van der Waals surface area (Å²) in [6.07, 6.45) is 4.52. The van der Waals surface area contributed by atoms with E-state index in [4.69, 9.17) is 0 Å². The molecule has 0 aliphatic rings. The average molecular weight is 349 g/mol. The van der Waals surface area contributed by atoms with Gasteiger partial charge in [0.15, 0.2) is 5.78 Å². The predicted molar refractivity (Wildman–Crippen MR) is 99.8 cm³/mol. The molecular formula is C20H23N5O. The van der Waals surface area contributed by atoms with Gasteiger partial charge in [-0.3, -0.25) is 9.78 Å². The van der Waals surface area contributed by atoms with Crippen molar-refractivity contribution in [3.05, 3.63) is 59.9 Å². The van der Waals surface area contributed by atoms with Gasteiger partial charge in [-0.2, -0.15) is 4.80 Å². The maximum Gasteiger partial charge on any atom is 0.205 e. The van der Waals surface area contributed by atoms with Crippen LogP contribution in [0.25, 0.3) is 11.4 Å². The summed E-state index contributed by atoms with van der Waals surface area (Å²) in [4.78, 5) is 17.9. The molecular weight excluding hydrogens is 326 g/mol. The zero-order valence-electron chi connectivity index (χ0n) is 15.4. The summed E-state index contributed by atoms with van der Waals surface area (Å²) in [5.41, 5.74) is 2.94. The number of rotatable bonds is 6. The lowest BCUT2D eigenvalue weighted by atomic mass is 9.86. The molecule has 0 N–H and O–H groups in total. The second-order valence-electron chi connectivity index (χ2n) is 7.30. The van der Waals surface area contributed by atoms with E-state index in [-0.39, 0.29) is 11.2 Å². The van der Waals surface area contributed by atoms with Gasteiger partial charge in [0.05, 0.1) is 6.54 Å². The van der Waals surface area contributed by atoms with Crippen molar-refractivity contribution in [1.82, 2.24) is 25.2 Å². The van der Waals surface area contributed by atoms with Crippen LogP contribution in [0.15, 0.2) is 48.8 Å². The fraction of sp³-hybridized carbons (Fsp3) is 0.350. The molecule has 0 saturated heterocycles. The monoisotopic (exact) mass is 349 g/mol. The van der Waals surface area contributed by atoms with Crippen LogP contribution < -0.4 is 0 Å². The third-order valence-electron chi connectivity index (χ3n) is 4.23. The Morgan fingerprint density at radius 2 is 1.73 bits per heavy atom. The Balaban J connectivity index is 1.53. The largest absolute Gasteiger partial charge is 0.294 e. The number of hydrogen-bond acceptors (Lipinski definition) is 5. The molecule has 0 spiro atoms. The molecule has 134 valence electrons. The SMILES string of the molecule is CC(C)(C)c1ccc(C(=O)CCCn2nnc(-c3ccncc3)n2)cc1. The van der Waals surface area contributed by atoms with Crippen LogP contribution in [0.3, 0.4) is 0 Å². The van der Waals surface area contributed by atoms with E-state index in [0.717, 1.165) is 11.1 Å². The number of aromatic nitrogens is 5. The predicted octanol–water partition coefficient (Wildman–Crippen LogP) is 3.70. The standard InChI is InChI=1S/C20H23N5O/c1-20(2,3)17-8-6-15(7-9-17)18(26)5-4-14-25-23-19(22-24-25)16-10-12-21-13-11-16/h6-13H,4-5,14H2,1-3H3. The molecule has 6 heteroatoms. The quantitative estimate of drug-likeness (QED) is 0.635. The van der Waals surface area contributed by atoms with Gasteiger partial charge < -0.3 is 0 Å². The second kappa shape index (κ2) is 7.56. The summed E-state index contributed by atoms with van der Waals surface area (Å²) in [5.74, 6) is 0.705. The number of tetrazole rings is 1. The van der Waals surface area contributed by atoms with E-state index in [9.17, 15) is 4.79 Å². The number of benzene rings is 1. The molecule has 0 amide bonds. The molecule has 0 aliphatic carbocycles. The molecule has 26 heavy (non-hydrogen) atoms. The van der Waals surface area contributed by atoms with Gasteiger partial charge in [0.1, 0.15) is 0 Å². The number of Topliss-reactive ketones (excluding diaryl/α,β-unsaturated/α-hetero) is 1. The fourth-order valence-electron chi connectivity index (χ4n) is 2.64. The van der Waals surface area contributed by atoms with E-state index in [1.165, 1.54) is 10.4 Å². The Labute approximate surface area is 153 Å². The van der Waals surface area contributed by atoms with Crippen molar-refractivity contribution in [2.45, 2.75) is 45.6 Å². The lowest BCUT2D eigenvalue weighted by molar-refractivity contribution is 0.0977. The van der Waals surface area contributed by atoms with E-state index in [1.807, 2.05) is 36.4 Å². The lowest BCUT2D eigenvalue weighted by Crippen LogP contribution is -2.11. The Morgan fingerprint density at radius 1 is 1.04 bits per heavy atom. The molecule has 0 bridgehead atoms. The number of pyridine rings is 1. The van der Waals surface area contributed by atoms with E-state index >= 15 is 0 Å². The first kappa shape index (κ1) is 17.9. The molecule has 0 unspecified atom stereocenters. The minimum atomic E-state index is 0.0901. The highest BCUT2D eigenvalue weighted by molar-refractivity contribution is 5.96. The fourth-order valence-corrected chi connectivity index (χ4v) is 2.64. The lowest BCUT2D eigenvalue weighted by Gasteiger charge is -2.18. The zero-order valence-corrected chi connectivity index (χ0v) is 15.4. The van der Waals surface area contributed by atoms with Crippen LogP contribution >= 0.6 is 0 Å². The van der Waals surface area contributed by atoms with Gasteiger partial charge in [0, 0.05) is 29.9 Å². The van der Waals surface area contributed by atoms with Crippen molar-refractivity contribution in [3.8, 4) is 11.4 Å². The molecule has 2 heterocycles. The van der Waals surface area contributed by atoms with Gasteiger partial charge in [-0.05, 0) is 34.7 Å². The maximum absolute atomic E-state index is 12.3. The highest BCUT2D eigenvalue weighted by atomic mass is 16.1. The third kappa shape index (κ3) is 4.39. The maximum atomic E-state index is 12.3. The first-order valence-electron chi connectivity index (χ1n) is 8.75. The van der Waals surface area contributed by atoms with Crippen LogP contribution in [0, 0.1) is 0 Å². The molecule has 0 radical (unpaired) electrons. The van der Waals surface area contributed by atoms with Gasteiger partial charge in [-0.1, -0.05) is 45.0 Å². The van der Waals surface area contributed by atoms with Crippen LogP contribution in [0.5, 0.6) is 0 Å². The number of nitrogens with zero attached hydrogens (tertiary/aromatic N) is 5. The first-order valence-corrected chi connectivity index (χ1v) is 8.75. The second-order valence-corrected chi connectivity index (χ2v) is 7.30. The summed E-state index contributed by atoms with van der Waals surface area (Å²) in [5, 5.41) is 12.4. The summed E-state index contributed by atoms with van der Waals surface area (Å²) >= 11 is 0. The van der Waals surface area contributed by atoms with Crippen LogP contribution in [0.2, 0.25) is 0 Å². The van der Waals surface area contributed by atoms with Gasteiger partial charge in [-0.25, -0.2) is 0 Å². The number of hydrogen-bond donors (Lipinski definition) is 0. The molecule has 0 fully saturated rings. The van der Waals surface area contributed by atoms with E-state index in [2.05, 4.69) is 41.2 Å². The minimum Gasteiger partial charge on any atom is -0.294 e. The van der Waals surface area contributed by atoms with Crippen LogP contribution in [-0.2, 0) is 12.0 Å². The Hall–Kier alpha value is -2.89. The van der Waals surface area contributed by atoms with Crippen molar-refractivity contribution in [1.29, 1.82) is 0 Å². The van der Waals surface area contributed by atoms with Crippen molar-refractivity contribution >= 4 is 5.78 Å². The number of carbonyl (C=O) groups excluding carboxylic acids is 1. The van der Waals surface area contributed by atoms with Crippen molar-refractivity contribution in [3.63, 3.8) is 0 Å². The van der Waals surface area contributed by atoms with E-state index < -0.39 is 0 Å². The highest BCUT2D eigenvalue weighted by Gasteiger charge is 2.14. The minimum absolute atomic E-state index is 0.0901. The number of aryl methyl sites for hydroxylation is 1. The van der Waals surface area contributed by atoms with Gasteiger partial charge >= 0.3 is 0 Å². The molecule has 2 aromatic heterocycles. The summed E-state index contributed by atoms with van der Waals surface area (Å²) in [6, 6.07) is 11.6. The Bertz CT molecular complexity index is 863. The molecule has 0 aliphatic heterocycles. The Kier molecular flexibility index (Phi) is 5.21. The zero-order chi connectivity index (χ0) is 18.6. The smallest absolute Gasteiger partial charge is 0.205 e. The van der Waals surface area contributed by atoms with Gasteiger partial charge in [-0.15, -0.1) is 10.2 Å². The van der Waals surface area contributed by atoms with Crippen LogP contribution in [-0.4, -0.2) is 31.0 Å². The Morgan fingerprint density at radius 3 is 2.38 bits per heavy atom. The van der Waals surface area contributed by atoms with E-state index in [1.54, 1.807) is 12.4 Å². The number of ketones is 1. The van der Waals surface area contributed by atoms with Gasteiger partial charge in [0.25, 0.3) is 0 Å². The molecule has 0 saturated carbocycles. The third-order valence-corrected chi connectivity index (χ3v) is 4.23. The van der Waals surface area contributed by atoms with Crippen molar-refractivity contribution in [2.24, 2.45) is 0 Å². The average Bonchev–Trinajstić information content (AvgIpc) is 3.11. The molecule has 1 aromatic carbocycles. The van der Waals surface area contributed by atoms with E-state index in [0.29, 0.717) is 25.2 Å². The van der Waals surface area contributed by atoms with Crippen molar-refractivity contribution in [2.75, 3.05) is 0 Å². The summed E-state index contributed by atoms with van der Waals surface area (Å²) in [7, 11) is 0. The number of carbonyl (C=O) groups is 1. The van der Waals surface area contributed by atoms with Crippen LogP contribution in [0.4, 0.5) is 0 Å². The normalized spacial score (nSPS) is 11.5. The van der Waals surface area contributed by atoms with Crippen molar-refractivity contribution < 1.29 is 4.79 Å². The highest BCUT2D eigenvalue weighted by Crippen LogP contribution is 2.22. The summed E-state index contributed by atoms with van der Waals surface area (Å²) < 4.78 is 0. The molecule has 3 rings (SSSR count). The molecule has 0 atom stereocenters. The van der Waals surface area contributed by atoms with Crippen LogP contribution in [0.1, 0.15) is 49.5 Å². The molecule has 6 nitrogen and oxygen atoms in total. The first-order chi connectivity index (χ1) is 12.4. The molecule has 3 aromatic rings. The van der Waals surface area contributed by atoms with Gasteiger partial charge in [0.2, 0.25) is 5.82 Å². The summed E-state index contributed by atoms with van der Waals surface area (Å²) in [6.45, 7) is 7.05. The topological polar surface area (TPSA) is 73.6 Å².